The molecule has 0 saturated carbocycles. The van der Waals surface area contributed by atoms with Crippen LogP contribution in [0.25, 0.3) is 0 Å². The highest BCUT2D eigenvalue weighted by atomic mass is 35.5. The summed E-state index contributed by atoms with van der Waals surface area (Å²) >= 11 is 0. The van der Waals surface area contributed by atoms with Gasteiger partial charge >= 0.3 is 0 Å². The fraction of sp³-hybridized carbons (Fsp3) is 0.500. The van der Waals surface area contributed by atoms with E-state index in [0.29, 0.717) is 19.7 Å². The third-order valence-electron chi connectivity index (χ3n) is 4.61. The molecule has 3 rings (SSSR count). The molecule has 0 amide bonds. The molecule has 0 fully saturated rings. The number of aliphatic hydroxyl groups is 1. The van der Waals surface area contributed by atoms with Gasteiger partial charge in [0.25, 0.3) is 0 Å². The minimum Gasteiger partial charge on any atom is -0.493 e. The van der Waals surface area contributed by atoms with Crippen LogP contribution in [0.1, 0.15) is 41.4 Å². The lowest BCUT2D eigenvalue weighted by atomic mass is 10.0. The molecule has 2 N–H and O–H groups in total. The van der Waals surface area contributed by atoms with Gasteiger partial charge in [-0.1, -0.05) is 0 Å². The minimum absolute atomic E-state index is 0. The van der Waals surface area contributed by atoms with Crippen LogP contribution in [0.4, 0.5) is 4.39 Å². The molecule has 0 bridgehead atoms. The number of hydrogen-bond donors (Lipinski definition) is 2. The van der Waals surface area contributed by atoms with E-state index in [-0.39, 0.29) is 30.9 Å². The fourth-order valence-electron chi connectivity index (χ4n) is 3.29. The summed E-state index contributed by atoms with van der Waals surface area (Å²) < 4.78 is 21.2. The lowest BCUT2D eigenvalue weighted by Crippen LogP contribution is -2.21. The molecule has 7 heteroatoms. The van der Waals surface area contributed by atoms with Crippen molar-refractivity contribution in [3.63, 3.8) is 0 Å². The van der Waals surface area contributed by atoms with Gasteiger partial charge in [0.05, 0.1) is 25.5 Å². The standard InChI is InChI=1S/C18H24FN3O2.ClH/c1-12-16(13(2)22(21-12)7-8-23)11-20-17-4-3-9-24-18-6-5-14(19)10-15(17)18;/h5-6,10,17,20,23H,3-4,7-9,11H2,1-2H3;1H. The summed E-state index contributed by atoms with van der Waals surface area (Å²) in [4.78, 5) is 0. The Hall–Kier alpha value is -1.63. The number of ether oxygens (including phenoxy) is 1. The normalized spacial score (nSPS) is 16.6. The number of fused-ring (bicyclic) bond motifs is 1. The number of hydrogen-bond acceptors (Lipinski definition) is 4. The maximum absolute atomic E-state index is 13.7. The summed E-state index contributed by atoms with van der Waals surface area (Å²) in [6, 6.07) is 4.76. The monoisotopic (exact) mass is 369 g/mol. The summed E-state index contributed by atoms with van der Waals surface area (Å²) in [5.41, 5.74) is 4.02. The zero-order valence-corrected chi connectivity index (χ0v) is 15.4. The van der Waals surface area contributed by atoms with E-state index >= 15 is 0 Å². The first kappa shape index (κ1) is 19.7. The van der Waals surface area contributed by atoms with Crippen molar-refractivity contribution in [3.05, 3.63) is 46.5 Å². The molecule has 1 unspecified atom stereocenters. The lowest BCUT2D eigenvalue weighted by Gasteiger charge is -2.19. The average molecular weight is 370 g/mol. The number of halogens is 2. The average Bonchev–Trinajstić information content (AvgIpc) is 2.73. The summed E-state index contributed by atoms with van der Waals surface area (Å²) in [7, 11) is 0. The van der Waals surface area contributed by atoms with E-state index in [1.54, 1.807) is 12.1 Å². The summed E-state index contributed by atoms with van der Waals surface area (Å²) in [5, 5.41) is 17.1. The van der Waals surface area contributed by atoms with Crippen LogP contribution >= 0.6 is 12.4 Å². The van der Waals surface area contributed by atoms with Crippen LogP contribution in [-0.2, 0) is 13.1 Å². The van der Waals surface area contributed by atoms with Crippen LogP contribution in [0.5, 0.6) is 5.75 Å². The number of nitrogens with zero attached hydrogens (tertiary/aromatic N) is 2. The van der Waals surface area contributed by atoms with E-state index in [1.807, 2.05) is 18.5 Å². The topological polar surface area (TPSA) is 59.3 Å². The molecule has 1 aliphatic rings. The molecule has 0 saturated heterocycles. The third kappa shape index (κ3) is 4.32. The molecule has 1 aromatic heterocycles. The van der Waals surface area contributed by atoms with Gasteiger partial charge in [-0.15, -0.1) is 12.4 Å². The van der Waals surface area contributed by atoms with Crippen molar-refractivity contribution in [1.29, 1.82) is 0 Å². The van der Waals surface area contributed by atoms with Crippen LogP contribution in [0.15, 0.2) is 18.2 Å². The minimum atomic E-state index is -0.242. The molecular weight excluding hydrogens is 345 g/mol. The molecule has 1 aliphatic heterocycles. The highest BCUT2D eigenvalue weighted by Crippen LogP contribution is 2.32. The Labute approximate surface area is 153 Å². The molecule has 0 spiro atoms. The highest BCUT2D eigenvalue weighted by molar-refractivity contribution is 5.85. The Bertz CT molecular complexity index is 721. The van der Waals surface area contributed by atoms with Crippen molar-refractivity contribution in [2.45, 2.75) is 45.8 Å². The van der Waals surface area contributed by atoms with Crippen molar-refractivity contribution in [2.75, 3.05) is 13.2 Å². The van der Waals surface area contributed by atoms with Crippen molar-refractivity contribution in [1.82, 2.24) is 15.1 Å². The van der Waals surface area contributed by atoms with Gasteiger partial charge in [-0.05, 0) is 44.9 Å². The van der Waals surface area contributed by atoms with Gasteiger partial charge in [0, 0.05) is 29.4 Å². The molecular formula is C18H25ClFN3O2. The van der Waals surface area contributed by atoms with Crippen LogP contribution in [-0.4, -0.2) is 28.1 Å². The molecule has 25 heavy (non-hydrogen) atoms. The number of aromatic nitrogens is 2. The first-order valence-electron chi connectivity index (χ1n) is 8.39. The van der Waals surface area contributed by atoms with Gasteiger partial charge in [0.1, 0.15) is 11.6 Å². The van der Waals surface area contributed by atoms with E-state index < -0.39 is 0 Å². The molecule has 0 radical (unpaired) electrons. The van der Waals surface area contributed by atoms with Gasteiger partial charge in [0.2, 0.25) is 0 Å². The number of benzene rings is 1. The predicted octanol–water partition coefficient (Wildman–Crippen LogP) is 3.06. The Morgan fingerprint density at radius 2 is 2.20 bits per heavy atom. The number of nitrogens with one attached hydrogen (secondary N) is 1. The highest BCUT2D eigenvalue weighted by Gasteiger charge is 2.21. The van der Waals surface area contributed by atoms with Gasteiger partial charge in [-0.2, -0.15) is 5.10 Å². The quantitative estimate of drug-likeness (QED) is 0.850. The second-order valence-corrected chi connectivity index (χ2v) is 6.20. The summed E-state index contributed by atoms with van der Waals surface area (Å²) in [6.45, 7) is 5.87. The SMILES string of the molecule is Cc1nn(CCO)c(C)c1CNC1CCCOc2ccc(F)cc21.Cl. The lowest BCUT2D eigenvalue weighted by molar-refractivity contribution is 0.267. The maximum Gasteiger partial charge on any atom is 0.124 e. The molecule has 138 valence electrons. The van der Waals surface area contributed by atoms with Gasteiger partial charge in [0.15, 0.2) is 0 Å². The molecule has 1 aromatic carbocycles. The Morgan fingerprint density at radius 1 is 1.40 bits per heavy atom. The van der Waals surface area contributed by atoms with E-state index in [9.17, 15) is 4.39 Å². The van der Waals surface area contributed by atoms with Gasteiger partial charge < -0.3 is 15.2 Å². The largest absolute Gasteiger partial charge is 0.493 e. The summed E-state index contributed by atoms with van der Waals surface area (Å²) in [6.07, 6.45) is 1.83. The van der Waals surface area contributed by atoms with Gasteiger partial charge in [-0.3, -0.25) is 4.68 Å². The Balaban J connectivity index is 0.00000225. The smallest absolute Gasteiger partial charge is 0.124 e. The molecule has 2 aromatic rings. The third-order valence-corrected chi connectivity index (χ3v) is 4.61. The van der Waals surface area contributed by atoms with E-state index in [4.69, 9.17) is 9.84 Å². The first-order chi connectivity index (χ1) is 11.6. The zero-order valence-electron chi connectivity index (χ0n) is 14.6. The van der Waals surface area contributed by atoms with Gasteiger partial charge in [-0.25, -0.2) is 4.39 Å². The second kappa shape index (κ2) is 8.65. The first-order valence-corrected chi connectivity index (χ1v) is 8.39. The van der Waals surface area contributed by atoms with Crippen molar-refractivity contribution < 1.29 is 14.2 Å². The van der Waals surface area contributed by atoms with Crippen molar-refractivity contribution in [3.8, 4) is 5.75 Å². The van der Waals surface area contributed by atoms with Crippen LogP contribution in [0, 0.1) is 19.7 Å². The van der Waals surface area contributed by atoms with Crippen molar-refractivity contribution >= 4 is 12.4 Å². The second-order valence-electron chi connectivity index (χ2n) is 6.20. The molecule has 5 nitrogen and oxygen atoms in total. The van der Waals surface area contributed by atoms with Crippen LogP contribution in [0.2, 0.25) is 0 Å². The number of aliphatic hydroxyl groups excluding tert-OH is 1. The Morgan fingerprint density at radius 3 is 2.96 bits per heavy atom. The van der Waals surface area contributed by atoms with Crippen molar-refractivity contribution in [2.24, 2.45) is 0 Å². The zero-order chi connectivity index (χ0) is 17.1. The summed E-state index contributed by atoms with van der Waals surface area (Å²) in [5.74, 6) is 0.519. The van der Waals surface area contributed by atoms with Crippen LogP contribution < -0.4 is 10.1 Å². The van der Waals surface area contributed by atoms with E-state index in [1.165, 1.54) is 6.07 Å². The number of rotatable bonds is 5. The molecule has 1 atom stereocenters. The Kier molecular flexibility index (Phi) is 6.81. The predicted molar refractivity (Wildman–Crippen MR) is 96.7 cm³/mol. The fourth-order valence-corrected chi connectivity index (χ4v) is 3.29. The van der Waals surface area contributed by atoms with E-state index in [2.05, 4.69) is 10.4 Å². The van der Waals surface area contributed by atoms with Crippen LogP contribution in [0.3, 0.4) is 0 Å². The van der Waals surface area contributed by atoms with E-state index in [0.717, 1.165) is 41.1 Å². The maximum atomic E-state index is 13.7. The molecule has 0 aliphatic carbocycles. The number of aryl methyl sites for hydroxylation is 1. The molecule has 2 heterocycles.